The van der Waals surface area contributed by atoms with Crippen LogP contribution < -0.4 is 10.1 Å². The first-order valence-corrected chi connectivity index (χ1v) is 7.09. The number of anilines is 1. The first kappa shape index (κ1) is 14.3. The lowest BCUT2D eigenvalue weighted by atomic mass is 10.3. The predicted octanol–water partition coefficient (Wildman–Crippen LogP) is 2.95. The molecule has 0 bridgehead atoms. The van der Waals surface area contributed by atoms with Crippen LogP contribution in [0.3, 0.4) is 0 Å². The molecule has 0 aliphatic heterocycles. The number of ether oxygens (including phenoxy) is 1. The number of hydrogen-bond acceptors (Lipinski definition) is 5. The van der Waals surface area contributed by atoms with Crippen LogP contribution in [0.2, 0.25) is 0 Å². The molecule has 106 valence electrons. The number of aromatic nitrogens is 1. The molecular weight excluding hydrogens is 276 g/mol. The lowest BCUT2D eigenvalue weighted by Gasteiger charge is -2.06. The number of phenols is 1. The zero-order chi connectivity index (χ0) is 14.4. The highest BCUT2D eigenvalue weighted by atomic mass is 32.1. The fourth-order valence-corrected chi connectivity index (χ4v) is 2.24. The van der Waals surface area contributed by atoms with Gasteiger partial charge in [-0.15, -0.1) is 11.3 Å². The molecule has 2 aromatic rings. The third kappa shape index (κ3) is 4.55. The lowest BCUT2D eigenvalue weighted by molar-refractivity contribution is -0.116. The van der Waals surface area contributed by atoms with Crippen molar-refractivity contribution < 1.29 is 14.6 Å². The minimum Gasteiger partial charge on any atom is -0.508 e. The molecule has 0 fully saturated rings. The van der Waals surface area contributed by atoms with Crippen LogP contribution in [-0.4, -0.2) is 22.6 Å². The lowest BCUT2D eigenvalue weighted by Crippen LogP contribution is -2.12. The number of phenolic OH excluding ortho intramolecular Hbond substituents is 1. The van der Waals surface area contributed by atoms with Gasteiger partial charge in [0.1, 0.15) is 11.5 Å². The fourth-order valence-electron chi connectivity index (χ4n) is 1.56. The van der Waals surface area contributed by atoms with Crippen LogP contribution >= 0.6 is 11.3 Å². The van der Waals surface area contributed by atoms with Crippen LogP contribution in [0.1, 0.15) is 17.7 Å². The molecule has 2 rings (SSSR count). The Balaban J connectivity index is 1.65. The Labute approximate surface area is 121 Å². The van der Waals surface area contributed by atoms with Gasteiger partial charge in [0, 0.05) is 17.5 Å². The van der Waals surface area contributed by atoms with Crippen molar-refractivity contribution in [1.29, 1.82) is 0 Å². The Bertz CT molecular complexity index is 566. The normalized spacial score (nSPS) is 10.2. The van der Waals surface area contributed by atoms with Crippen LogP contribution in [0.15, 0.2) is 30.5 Å². The van der Waals surface area contributed by atoms with E-state index >= 15 is 0 Å². The summed E-state index contributed by atoms with van der Waals surface area (Å²) in [7, 11) is 0. The van der Waals surface area contributed by atoms with Crippen molar-refractivity contribution in [2.24, 2.45) is 0 Å². The van der Waals surface area contributed by atoms with E-state index in [1.165, 1.54) is 11.3 Å². The molecule has 6 heteroatoms. The second-order valence-corrected chi connectivity index (χ2v) is 5.50. The maximum atomic E-state index is 11.6. The van der Waals surface area contributed by atoms with Crippen LogP contribution in [0, 0.1) is 6.92 Å². The molecule has 0 saturated heterocycles. The standard InChI is InChI=1S/C14H16N2O3S/c1-10-9-15-14(20-10)16-13(18)3-2-8-19-12-6-4-11(17)5-7-12/h4-7,9,17H,2-3,8H2,1H3,(H,15,16,18). The number of amides is 1. The molecule has 1 aromatic heterocycles. The van der Waals surface area contributed by atoms with Crippen molar-refractivity contribution in [3.8, 4) is 11.5 Å². The summed E-state index contributed by atoms with van der Waals surface area (Å²) >= 11 is 1.46. The Kier molecular flexibility index (Phi) is 4.95. The van der Waals surface area contributed by atoms with Gasteiger partial charge in [-0.2, -0.15) is 0 Å². The minimum atomic E-state index is -0.0614. The van der Waals surface area contributed by atoms with Crippen molar-refractivity contribution in [2.75, 3.05) is 11.9 Å². The molecule has 0 atom stereocenters. The van der Waals surface area contributed by atoms with E-state index in [9.17, 15) is 4.79 Å². The van der Waals surface area contributed by atoms with Crippen molar-refractivity contribution in [1.82, 2.24) is 4.98 Å². The topological polar surface area (TPSA) is 71.5 Å². The van der Waals surface area contributed by atoms with Crippen LogP contribution in [0.4, 0.5) is 5.13 Å². The molecule has 5 nitrogen and oxygen atoms in total. The summed E-state index contributed by atoms with van der Waals surface area (Å²) in [6.07, 6.45) is 2.74. The summed E-state index contributed by atoms with van der Waals surface area (Å²) < 4.78 is 5.46. The Morgan fingerprint density at radius 2 is 2.15 bits per heavy atom. The molecule has 1 heterocycles. The molecule has 1 aromatic carbocycles. The van der Waals surface area contributed by atoms with E-state index in [2.05, 4.69) is 10.3 Å². The Morgan fingerprint density at radius 3 is 2.80 bits per heavy atom. The zero-order valence-corrected chi connectivity index (χ0v) is 11.9. The van der Waals surface area contributed by atoms with Gasteiger partial charge in [-0.05, 0) is 37.6 Å². The van der Waals surface area contributed by atoms with E-state index < -0.39 is 0 Å². The highest BCUT2D eigenvalue weighted by molar-refractivity contribution is 7.15. The number of hydrogen-bond donors (Lipinski definition) is 2. The van der Waals surface area contributed by atoms with Crippen LogP contribution in [-0.2, 0) is 4.79 Å². The number of thiazole rings is 1. The number of rotatable bonds is 6. The number of carbonyl (C=O) groups is 1. The van der Waals surface area contributed by atoms with Crippen molar-refractivity contribution in [3.05, 3.63) is 35.3 Å². The number of carbonyl (C=O) groups excluding carboxylic acids is 1. The third-order valence-electron chi connectivity index (χ3n) is 2.52. The second kappa shape index (κ2) is 6.91. The summed E-state index contributed by atoms with van der Waals surface area (Å²) in [6.45, 7) is 2.40. The van der Waals surface area contributed by atoms with Gasteiger partial charge in [0.25, 0.3) is 0 Å². The quantitative estimate of drug-likeness (QED) is 0.803. The van der Waals surface area contributed by atoms with Crippen molar-refractivity contribution in [3.63, 3.8) is 0 Å². The monoisotopic (exact) mass is 292 g/mol. The number of nitrogens with one attached hydrogen (secondary N) is 1. The smallest absolute Gasteiger partial charge is 0.226 e. The van der Waals surface area contributed by atoms with E-state index in [0.29, 0.717) is 30.3 Å². The Hall–Kier alpha value is -2.08. The molecule has 0 unspecified atom stereocenters. The molecule has 0 radical (unpaired) electrons. The van der Waals surface area contributed by atoms with E-state index in [1.54, 1.807) is 30.5 Å². The van der Waals surface area contributed by atoms with E-state index in [1.807, 2.05) is 6.92 Å². The summed E-state index contributed by atoms with van der Waals surface area (Å²) in [5, 5.41) is 12.5. The average Bonchev–Trinajstić information content (AvgIpc) is 2.82. The molecule has 0 spiro atoms. The van der Waals surface area contributed by atoms with Gasteiger partial charge < -0.3 is 15.2 Å². The van der Waals surface area contributed by atoms with E-state index in [0.717, 1.165) is 4.88 Å². The third-order valence-corrected chi connectivity index (χ3v) is 3.35. The molecule has 0 aliphatic carbocycles. The largest absolute Gasteiger partial charge is 0.508 e. The van der Waals surface area contributed by atoms with E-state index in [4.69, 9.17) is 9.84 Å². The van der Waals surface area contributed by atoms with Gasteiger partial charge >= 0.3 is 0 Å². The molecule has 2 N–H and O–H groups in total. The first-order valence-electron chi connectivity index (χ1n) is 6.27. The average molecular weight is 292 g/mol. The molecule has 0 saturated carbocycles. The summed E-state index contributed by atoms with van der Waals surface area (Å²) in [6, 6.07) is 6.50. The summed E-state index contributed by atoms with van der Waals surface area (Å²) in [5.74, 6) is 0.822. The SMILES string of the molecule is Cc1cnc(NC(=O)CCCOc2ccc(O)cc2)s1. The summed E-state index contributed by atoms with van der Waals surface area (Å²) in [5.41, 5.74) is 0. The minimum absolute atomic E-state index is 0.0614. The predicted molar refractivity (Wildman–Crippen MR) is 78.3 cm³/mol. The van der Waals surface area contributed by atoms with Crippen molar-refractivity contribution in [2.45, 2.75) is 19.8 Å². The summed E-state index contributed by atoms with van der Waals surface area (Å²) in [4.78, 5) is 16.8. The van der Waals surface area contributed by atoms with Gasteiger partial charge in [0.05, 0.1) is 6.61 Å². The molecule has 0 aliphatic rings. The highest BCUT2D eigenvalue weighted by Crippen LogP contribution is 2.17. The van der Waals surface area contributed by atoms with Crippen molar-refractivity contribution >= 4 is 22.4 Å². The van der Waals surface area contributed by atoms with Gasteiger partial charge in [0.2, 0.25) is 5.91 Å². The van der Waals surface area contributed by atoms with Gasteiger partial charge in [-0.1, -0.05) is 0 Å². The molecular formula is C14H16N2O3S. The second-order valence-electron chi connectivity index (χ2n) is 4.27. The Morgan fingerprint density at radius 1 is 1.40 bits per heavy atom. The number of nitrogens with zero attached hydrogens (tertiary/aromatic N) is 1. The number of aromatic hydroxyl groups is 1. The fraction of sp³-hybridized carbons (Fsp3) is 0.286. The molecule has 1 amide bonds. The van der Waals surface area contributed by atoms with Gasteiger partial charge in [-0.3, -0.25) is 4.79 Å². The van der Waals surface area contributed by atoms with Crippen LogP contribution in [0.5, 0.6) is 11.5 Å². The highest BCUT2D eigenvalue weighted by Gasteiger charge is 2.05. The van der Waals surface area contributed by atoms with Gasteiger partial charge in [0.15, 0.2) is 5.13 Å². The van der Waals surface area contributed by atoms with Gasteiger partial charge in [-0.25, -0.2) is 4.98 Å². The number of benzene rings is 1. The maximum Gasteiger partial charge on any atom is 0.226 e. The number of aryl methyl sites for hydroxylation is 1. The van der Waals surface area contributed by atoms with Crippen LogP contribution in [0.25, 0.3) is 0 Å². The molecule has 20 heavy (non-hydrogen) atoms. The first-order chi connectivity index (χ1) is 9.63. The van der Waals surface area contributed by atoms with E-state index in [-0.39, 0.29) is 11.7 Å². The maximum absolute atomic E-state index is 11.6. The zero-order valence-electron chi connectivity index (χ0n) is 11.1.